The van der Waals surface area contributed by atoms with Gasteiger partial charge in [-0.2, -0.15) is 13.2 Å². The van der Waals surface area contributed by atoms with E-state index in [0.717, 1.165) is 6.07 Å². The van der Waals surface area contributed by atoms with Gasteiger partial charge in [0.1, 0.15) is 0 Å². The number of benzene rings is 2. The van der Waals surface area contributed by atoms with Crippen LogP contribution in [0.4, 0.5) is 13.2 Å². The monoisotopic (exact) mass is 298 g/mol. The number of alkyl halides is 3. The molecule has 20 heavy (non-hydrogen) atoms. The Hall–Kier alpha value is -1.95. The van der Waals surface area contributed by atoms with E-state index >= 15 is 0 Å². The fraction of sp³-hybridized carbons (Fsp3) is 0.0714. The van der Waals surface area contributed by atoms with Crippen molar-refractivity contribution in [1.29, 1.82) is 0 Å². The molecular weight excluding hydrogens is 289 g/mol. The largest absolute Gasteiger partial charge is 0.417 e. The Morgan fingerprint density at radius 1 is 0.950 bits per heavy atom. The van der Waals surface area contributed by atoms with E-state index in [1.807, 2.05) is 0 Å². The summed E-state index contributed by atoms with van der Waals surface area (Å²) in [5.41, 5.74) is -0.546. The second-order valence-electron chi connectivity index (χ2n) is 3.81. The Kier molecular flexibility index (Phi) is 4.34. The predicted molar refractivity (Wildman–Crippen MR) is 69.2 cm³/mol. The molecule has 0 saturated heterocycles. The summed E-state index contributed by atoms with van der Waals surface area (Å²) in [6.45, 7) is 0. The smallest absolute Gasteiger partial charge is 0.382 e. The van der Waals surface area contributed by atoms with Crippen LogP contribution in [0.1, 0.15) is 15.9 Å². The molecule has 0 aromatic heterocycles. The summed E-state index contributed by atoms with van der Waals surface area (Å²) in [6.07, 6.45) is -4.48. The highest BCUT2D eigenvalue weighted by Crippen LogP contribution is 2.36. The van der Waals surface area contributed by atoms with Crippen LogP contribution in [0.3, 0.4) is 0 Å². The Labute approximate surface area is 117 Å². The van der Waals surface area contributed by atoms with Gasteiger partial charge < -0.3 is 4.18 Å². The van der Waals surface area contributed by atoms with E-state index in [9.17, 15) is 18.0 Å². The first kappa shape index (κ1) is 14.5. The van der Waals surface area contributed by atoms with Crippen LogP contribution in [0.25, 0.3) is 0 Å². The van der Waals surface area contributed by atoms with Crippen LogP contribution in [0.2, 0.25) is 0 Å². The quantitative estimate of drug-likeness (QED) is 0.776. The van der Waals surface area contributed by atoms with Gasteiger partial charge in [0.05, 0.1) is 28.1 Å². The second-order valence-corrected chi connectivity index (χ2v) is 4.59. The number of halogens is 3. The summed E-state index contributed by atoms with van der Waals surface area (Å²) in [6, 6.07) is 13.0. The van der Waals surface area contributed by atoms with Gasteiger partial charge in [-0.3, -0.25) is 0 Å². The summed E-state index contributed by atoms with van der Waals surface area (Å²) in [4.78, 5) is 11.5. The third-order valence-corrected chi connectivity index (χ3v) is 3.18. The molecule has 0 heterocycles. The zero-order valence-electron chi connectivity index (χ0n) is 10.1. The van der Waals surface area contributed by atoms with Crippen molar-refractivity contribution in [3.05, 3.63) is 65.7 Å². The molecule has 0 aliphatic heterocycles. The van der Waals surface area contributed by atoms with Gasteiger partial charge >= 0.3 is 12.1 Å². The Morgan fingerprint density at radius 3 is 2.20 bits per heavy atom. The van der Waals surface area contributed by atoms with Crippen molar-refractivity contribution >= 4 is 18.0 Å². The minimum Gasteiger partial charge on any atom is -0.382 e. The first-order chi connectivity index (χ1) is 9.48. The van der Waals surface area contributed by atoms with Crippen molar-refractivity contribution in [3.63, 3.8) is 0 Å². The molecule has 0 aliphatic rings. The maximum Gasteiger partial charge on any atom is 0.417 e. The molecule has 0 N–H and O–H groups in total. The van der Waals surface area contributed by atoms with E-state index in [2.05, 4.69) is 0 Å². The van der Waals surface area contributed by atoms with Crippen LogP contribution in [0.5, 0.6) is 0 Å². The lowest BCUT2D eigenvalue weighted by atomic mass is 10.2. The molecule has 2 nitrogen and oxygen atoms in total. The van der Waals surface area contributed by atoms with Crippen molar-refractivity contribution in [2.75, 3.05) is 0 Å². The number of rotatable bonds is 3. The third kappa shape index (κ3) is 3.54. The van der Waals surface area contributed by atoms with Gasteiger partial charge in [0.25, 0.3) is 0 Å². The van der Waals surface area contributed by atoms with Gasteiger partial charge in [0, 0.05) is 0 Å². The molecule has 2 aromatic carbocycles. The zero-order chi connectivity index (χ0) is 14.6. The van der Waals surface area contributed by atoms with Gasteiger partial charge in [0.2, 0.25) is 0 Å². The predicted octanol–water partition coefficient (Wildman–Crippen LogP) is 4.57. The number of hydrogen-bond donors (Lipinski definition) is 0. The van der Waals surface area contributed by atoms with Gasteiger partial charge in [-0.25, -0.2) is 4.79 Å². The number of hydrogen-bond acceptors (Lipinski definition) is 3. The van der Waals surface area contributed by atoms with Crippen molar-refractivity contribution in [3.8, 4) is 0 Å². The van der Waals surface area contributed by atoms with Crippen LogP contribution in [0.15, 0.2) is 59.5 Å². The molecule has 0 spiro atoms. The van der Waals surface area contributed by atoms with Crippen LogP contribution >= 0.6 is 12.0 Å². The maximum atomic E-state index is 12.7. The van der Waals surface area contributed by atoms with Crippen molar-refractivity contribution in [1.82, 2.24) is 0 Å². The van der Waals surface area contributed by atoms with Gasteiger partial charge in [-0.05, 0) is 24.3 Å². The molecule has 2 rings (SSSR count). The molecule has 0 unspecified atom stereocenters. The Morgan fingerprint density at radius 2 is 1.55 bits per heavy atom. The molecule has 0 aliphatic carbocycles. The van der Waals surface area contributed by atoms with Crippen molar-refractivity contribution in [2.45, 2.75) is 11.1 Å². The summed E-state index contributed by atoms with van der Waals surface area (Å²) < 4.78 is 43.1. The summed E-state index contributed by atoms with van der Waals surface area (Å²) in [5.74, 6) is -0.687. The molecule has 104 valence electrons. The lowest BCUT2D eigenvalue weighted by molar-refractivity contribution is -0.139. The molecule has 2 aromatic rings. The molecule has 0 bridgehead atoms. The lowest BCUT2D eigenvalue weighted by Gasteiger charge is -2.11. The summed E-state index contributed by atoms with van der Waals surface area (Å²) >= 11 is 0.407. The first-order valence-electron chi connectivity index (χ1n) is 5.58. The van der Waals surface area contributed by atoms with Crippen LogP contribution < -0.4 is 0 Å². The zero-order valence-corrected chi connectivity index (χ0v) is 10.9. The van der Waals surface area contributed by atoms with Crippen molar-refractivity contribution in [2.24, 2.45) is 0 Å². The minimum atomic E-state index is -4.48. The normalized spacial score (nSPS) is 11.2. The second kappa shape index (κ2) is 6.00. The van der Waals surface area contributed by atoms with Crippen LogP contribution in [-0.4, -0.2) is 5.97 Å². The number of carbonyl (C=O) groups is 1. The van der Waals surface area contributed by atoms with E-state index < -0.39 is 17.7 Å². The van der Waals surface area contributed by atoms with E-state index in [1.54, 1.807) is 18.2 Å². The average Bonchev–Trinajstić information content (AvgIpc) is 2.45. The molecule has 0 saturated carbocycles. The molecule has 0 radical (unpaired) electrons. The van der Waals surface area contributed by atoms with Crippen molar-refractivity contribution < 1.29 is 22.1 Å². The molecule has 0 atom stereocenters. The van der Waals surface area contributed by atoms with E-state index in [1.165, 1.54) is 30.3 Å². The Bertz CT molecular complexity index is 597. The Balaban J connectivity index is 2.11. The highest BCUT2D eigenvalue weighted by atomic mass is 32.2. The number of carbonyl (C=O) groups excluding carboxylic acids is 1. The molecular formula is C14H9F3O2S. The summed E-state index contributed by atoms with van der Waals surface area (Å²) in [7, 11) is 0. The van der Waals surface area contributed by atoms with Crippen LogP contribution in [-0.2, 0) is 10.4 Å². The lowest BCUT2D eigenvalue weighted by Crippen LogP contribution is -2.07. The molecule has 0 amide bonds. The molecule has 0 fully saturated rings. The standard InChI is InChI=1S/C14H9F3O2S/c15-14(16,17)11-8-4-5-9-12(11)20-19-13(18)10-6-2-1-3-7-10/h1-9H. The highest BCUT2D eigenvalue weighted by molar-refractivity contribution is 7.95. The maximum absolute atomic E-state index is 12.7. The fourth-order valence-corrected chi connectivity index (χ4v) is 2.15. The van der Waals surface area contributed by atoms with E-state index in [0.29, 0.717) is 12.0 Å². The minimum absolute atomic E-state index is 0.149. The van der Waals surface area contributed by atoms with Gasteiger partial charge in [-0.15, -0.1) is 0 Å². The van der Waals surface area contributed by atoms with Crippen LogP contribution in [0, 0.1) is 0 Å². The van der Waals surface area contributed by atoms with E-state index in [-0.39, 0.29) is 10.5 Å². The fourth-order valence-electron chi connectivity index (χ4n) is 1.48. The SMILES string of the molecule is O=C(OSc1ccccc1C(F)(F)F)c1ccccc1. The molecule has 6 heteroatoms. The topological polar surface area (TPSA) is 26.3 Å². The highest BCUT2D eigenvalue weighted by Gasteiger charge is 2.33. The van der Waals surface area contributed by atoms with Gasteiger partial charge in [-0.1, -0.05) is 30.3 Å². The first-order valence-corrected chi connectivity index (χ1v) is 6.33. The van der Waals surface area contributed by atoms with E-state index in [4.69, 9.17) is 4.18 Å². The average molecular weight is 298 g/mol. The van der Waals surface area contributed by atoms with Gasteiger partial charge in [0.15, 0.2) is 0 Å². The summed E-state index contributed by atoms with van der Waals surface area (Å²) in [5, 5.41) is 0. The third-order valence-electron chi connectivity index (χ3n) is 2.41.